The summed E-state index contributed by atoms with van der Waals surface area (Å²) in [4.78, 5) is 23.0. The van der Waals surface area contributed by atoms with Crippen molar-refractivity contribution in [2.45, 2.75) is 13.0 Å². The number of hydrogen-bond donors (Lipinski definition) is 1. The minimum absolute atomic E-state index is 0. The molecule has 0 saturated carbocycles. The molecule has 2 saturated heterocycles. The predicted molar refractivity (Wildman–Crippen MR) is 129 cm³/mol. The Kier molecular flexibility index (Phi) is 10.7. The van der Waals surface area contributed by atoms with Gasteiger partial charge in [-0.3, -0.25) is 14.7 Å². The van der Waals surface area contributed by atoms with E-state index in [1.165, 1.54) is 6.07 Å². The van der Waals surface area contributed by atoms with E-state index >= 15 is 0 Å². The maximum absolute atomic E-state index is 13.7. The number of benzene rings is 1. The van der Waals surface area contributed by atoms with Gasteiger partial charge in [0.15, 0.2) is 17.5 Å². The van der Waals surface area contributed by atoms with Gasteiger partial charge < -0.3 is 24.6 Å². The molecule has 1 aromatic carbocycles. The Labute approximate surface area is 200 Å². The van der Waals surface area contributed by atoms with E-state index in [9.17, 15) is 9.18 Å². The highest BCUT2D eigenvalue weighted by atomic mass is 127. The first-order valence-electron chi connectivity index (χ1n) is 10.5. The van der Waals surface area contributed by atoms with E-state index in [4.69, 9.17) is 9.47 Å². The van der Waals surface area contributed by atoms with Crippen LogP contribution in [0.2, 0.25) is 0 Å². The third kappa shape index (κ3) is 7.76. The number of guanidine groups is 1. The van der Waals surface area contributed by atoms with Crippen LogP contribution in [0.3, 0.4) is 0 Å². The van der Waals surface area contributed by atoms with E-state index in [1.807, 2.05) is 11.8 Å². The zero-order chi connectivity index (χ0) is 21.3. The smallest absolute Gasteiger partial charge is 0.236 e. The Bertz CT molecular complexity index is 725. The monoisotopic (exact) mass is 549 g/mol. The summed E-state index contributed by atoms with van der Waals surface area (Å²) in [5, 5.41) is 3.31. The molecule has 31 heavy (non-hydrogen) atoms. The minimum Gasteiger partial charge on any atom is -0.486 e. The number of aliphatic imine (C=N–C) groups is 1. The quantitative estimate of drug-likeness (QED) is 0.328. The fraction of sp³-hybridized carbons (Fsp3) is 0.619. The van der Waals surface area contributed by atoms with Crippen molar-refractivity contribution in [1.29, 1.82) is 0 Å². The molecule has 2 aliphatic heterocycles. The number of nitrogens with zero attached hydrogens (tertiary/aromatic N) is 4. The second-order valence-corrected chi connectivity index (χ2v) is 7.54. The van der Waals surface area contributed by atoms with E-state index in [-0.39, 0.29) is 47.6 Å². The van der Waals surface area contributed by atoms with Gasteiger partial charge in [0.25, 0.3) is 0 Å². The summed E-state index contributed by atoms with van der Waals surface area (Å²) < 4.78 is 24.7. The third-order valence-corrected chi connectivity index (χ3v) is 5.32. The number of nitrogens with one attached hydrogen (secondary N) is 1. The van der Waals surface area contributed by atoms with Crippen LogP contribution in [0.4, 0.5) is 4.39 Å². The lowest BCUT2D eigenvalue weighted by atomic mass is 10.3. The Balaban J connectivity index is 0.00000341. The van der Waals surface area contributed by atoms with Crippen molar-refractivity contribution >= 4 is 35.8 Å². The van der Waals surface area contributed by atoms with E-state index < -0.39 is 0 Å². The number of rotatable bonds is 6. The molecule has 0 aromatic heterocycles. The number of piperazine rings is 1. The van der Waals surface area contributed by atoms with Gasteiger partial charge in [0.1, 0.15) is 6.10 Å². The van der Waals surface area contributed by atoms with Gasteiger partial charge in [0.2, 0.25) is 5.91 Å². The largest absolute Gasteiger partial charge is 0.486 e. The van der Waals surface area contributed by atoms with Crippen LogP contribution in [0.15, 0.2) is 29.3 Å². The standard InChI is InChI=1S/C21H32FN5O3.HI/c1-17(30-19-6-4-3-5-18(19)22)15-24-21(23-2)27-9-7-25(8-10-27)16-20(28)26-11-13-29-14-12-26;/h3-6,17H,7-16H2,1-2H3,(H,23,24);1H. The first-order valence-corrected chi connectivity index (χ1v) is 10.5. The lowest BCUT2D eigenvalue weighted by Gasteiger charge is -2.37. The van der Waals surface area contributed by atoms with Gasteiger partial charge in [-0.05, 0) is 19.1 Å². The van der Waals surface area contributed by atoms with Crippen molar-refractivity contribution in [1.82, 2.24) is 20.0 Å². The SMILES string of the molecule is CN=C(NCC(C)Oc1ccccc1F)N1CCN(CC(=O)N2CCOCC2)CC1.I. The molecule has 2 aliphatic rings. The number of halogens is 2. The molecule has 0 bridgehead atoms. The summed E-state index contributed by atoms with van der Waals surface area (Å²) in [7, 11) is 1.75. The second-order valence-electron chi connectivity index (χ2n) is 7.54. The van der Waals surface area contributed by atoms with Crippen LogP contribution < -0.4 is 10.1 Å². The Hall–Kier alpha value is -1.66. The molecule has 10 heteroatoms. The van der Waals surface area contributed by atoms with E-state index in [1.54, 1.807) is 25.2 Å². The van der Waals surface area contributed by atoms with Crippen molar-refractivity contribution in [3.63, 3.8) is 0 Å². The molecule has 2 heterocycles. The van der Waals surface area contributed by atoms with E-state index in [2.05, 4.69) is 20.1 Å². The molecule has 1 N–H and O–H groups in total. The number of amides is 1. The van der Waals surface area contributed by atoms with Gasteiger partial charge in [-0.1, -0.05) is 12.1 Å². The Morgan fingerprint density at radius 1 is 1.16 bits per heavy atom. The lowest BCUT2D eigenvalue weighted by Crippen LogP contribution is -2.55. The van der Waals surface area contributed by atoms with Crippen molar-refractivity contribution in [3.05, 3.63) is 30.1 Å². The predicted octanol–water partition coefficient (Wildman–Crippen LogP) is 1.26. The Morgan fingerprint density at radius 2 is 1.84 bits per heavy atom. The van der Waals surface area contributed by atoms with Crippen LogP contribution in [0.25, 0.3) is 0 Å². The van der Waals surface area contributed by atoms with Crippen LogP contribution in [-0.2, 0) is 9.53 Å². The number of hydrogen-bond acceptors (Lipinski definition) is 5. The van der Waals surface area contributed by atoms with Gasteiger partial charge in [0.05, 0.1) is 26.3 Å². The van der Waals surface area contributed by atoms with E-state index in [0.717, 1.165) is 32.1 Å². The van der Waals surface area contributed by atoms with Gasteiger partial charge in [-0.25, -0.2) is 4.39 Å². The highest BCUT2D eigenvalue weighted by Crippen LogP contribution is 2.16. The molecule has 174 valence electrons. The number of carbonyl (C=O) groups excluding carboxylic acids is 1. The molecule has 1 aromatic rings. The number of morpholine rings is 1. The highest BCUT2D eigenvalue weighted by molar-refractivity contribution is 14.0. The second kappa shape index (κ2) is 13.0. The topological polar surface area (TPSA) is 69.6 Å². The molecule has 0 radical (unpaired) electrons. The fourth-order valence-corrected chi connectivity index (χ4v) is 3.59. The summed E-state index contributed by atoms with van der Waals surface area (Å²) in [6, 6.07) is 6.40. The minimum atomic E-state index is -0.364. The highest BCUT2D eigenvalue weighted by Gasteiger charge is 2.24. The lowest BCUT2D eigenvalue weighted by molar-refractivity contribution is -0.136. The van der Waals surface area contributed by atoms with Gasteiger partial charge >= 0.3 is 0 Å². The van der Waals surface area contributed by atoms with E-state index in [0.29, 0.717) is 39.4 Å². The number of ether oxygens (including phenoxy) is 2. The van der Waals surface area contributed by atoms with Crippen LogP contribution in [0.1, 0.15) is 6.92 Å². The summed E-state index contributed by atoms with van der Waals surface area (Å²) in [6.45, 7) is 8.66. The summed E-state index contributed by atoms with van der Waals surface area (Å²) in [6.07, 6.45) is -0.217. The normalized spacial score (nSPS) is 18.9. The molecule has 1 amide bonds. The average Bonchev–Trinajstić information content (AvgIpc) is 2.77. The molecule has 8 nitrogen and oxygen atoms in total. The zero-order valence-electron chi connectivity index (χ0n) is 18.3. The van der Waals surface area contributed by atoms with Gasteiger partial charge in [-0.15, -0.1) is 24.0 Å². The maximum atomic E-state index is 13.7. The number of para-hydroxylation sites is 1. The Morgan fingerprint density at radius 3 is 2.48 bits per heavy atom. The molecular formula is C21H33FIN5O3. The van der Waals surface area contributed by atoms with Crippen LogP contribution in [-0.4, -0.2) is 105 Å². The average molecular weight is 549 g/mol. The zero-order valence-corrected chi connectivity index (χ0v) is 20.6. The van der Waals surface area contributed by atoms with Crippen LogP contribution in [0.5, 0.6) is 5.75 Å². The molecule has 0 aliphatic carbocycles. The summed E-state index contributed by atoms with van der Waals surface area (Å²) in [5.74, 6) is 0.850. The number of carbonyl (C=O) groups is 1. The molecule has 1 atom stereocenters. The van der Waals surface area contributed by atoms with Crippen molar-refractivity contribution in [2.75, 3.05) is 72.6 Å². The summed E-state index contributed by atoms with van der Waals surface area (Å²) >= 11 is 0. The van der Waals surface area contributed by atoms with Crippen molar-refractivity contribution < 1.29 is 18.7 Å². The van der Waals surface area contributed by atoms with Crippen LogP contribution in [0, 0.1) is 5.82 Å². The first-order chi connectivity index (χ1) is 14.6. The fourth-order valence-electron chi connectivity index (χ4n) is 3.59. The van der Waals surface area contributed by atoms with Crippen LogP contribution >= 0.6 is 24.0 Å². The van der Waals surface area contributed by atoms with Gasteiger partial charge in [-0.2, -0.15) is 0 Å². The van der Waals surface area contributed by atoms with Crippen molar-refractivity contribution in [3.8, 4) is 5.75 Å². The molecule has 1 unspecified atom stereocenters. The molecule has 3 rings (SSSR count). The summed E-state index contributed by atoms with van der Waals surface area (Å²) in [5.41, 5.74) is 0. The molecular weight excluding hydrogens is 516 g/mol. The molecule has 2 fully saturated rings. The third-order valence-electron chi connectivity index (χ3n) is 5.32. The maximum Gasteiger partial charge on any atom is 0.236 e. The van der Waals surface area contributed by atoms with Crippen molar-refractivity contribution in [2.24, 2.45) is 4.99 Å². The molecule has 0 spiro atoms. The van der Waals surface area contributed by atoms with Gasteiger partial charge in [0, 0.05) is 46.3 Å². The first kappa shape index (κ1) is 25.6.